The molecule has 2 aromatic rings. The second-order valence-electron chi connectivity index (χ2n) is 5.44. The van der Waals surface area contributed by atoms with Gasteiger partial charge >= 0.3 is 0 Å². The lowest BCUT2D eigenvalue weighted by atomic mass is 9.89. The molecular formula is C18H21F2N. The molecule has 0 saturated heterocycles. The maximum absolute atomic E-state index is 13.5. The Morgan fingerprint density at radius 1 is 0.905 bits per heavy atom. The predicted molar refractivity (Wildman–Crippen MR) is 82.5 cm³/mol. The maximum Gasteiger partial charge on any atom is 0.123 e. The van der Waals surface area contributed by atoms with E-state index in [0.717, 1.165) is 34.4 Å². The van der Waals surface area contributed by atoms with Crippen molar-refractivity contribution in [1.82, 2.24) is 5.32 Å². The zero-order valence-corrected chi connectivity index (χ0v) is 12.9. The molecule has 0 aliphatic heterocycles. The van der Waals surface area contributed by atoms with Gasteiger partial charge in [0, 0.05) is 0 Å². The summed E-state index contributed by atoms with van der Waals surface area (Å²) in [4.78, 5) is 0. The third-order valence-corrected chi connectivity index (χ3v) is 3.80. The van der Waals surface area contributed by atoms with E-state index in [1.807, 2.05) is 27.7 Å². The molecule has 1 unspecified atom stereocenters. The molecule has 1 atom stereocenters. The molecule has 0 aliphatic carbocycles. The first-order valence-electron chi connectivity index (χ1n) is 7.20. The van der Waals surface area contributed by atoms with Gasteiger partial charge in [0.15, 0.2) is 0 Å². The molecule has 3 heteroatoms. The van der Waals surface area contributed by atoms with Gasteiger partial charge in [-0.2, -0.15) is 0 Å². The summed E-state index contributed by atoms with van der Waals surface area (Å²) < 4.78 is 26.9. The average Bonchev–Trinajstić information content (AvgIpc) is 2.37. The van der Waals surface area contributed by atoms with Gasteiger partial charge in [0.05, 0.1) is 6.04 Å². The van der Waals surface area contributed by atoms with Crippen LogP contribution in [0.3, 0.4) is 0 Å². The quantitative estimate of drug-likeness (QED) is 0.868. The van der Waals surface area contributed by atoms with Crippen molar-refractivity contribution in [2.24, 2.45) is 0 Å². The molecule has 1 N–H and O–H groups in total. The van der Waals surface area contributed by atoms with Gasteiger partial charge in [-0.1, -0.05) is 13.0 Å². The van der Waals surface area contributed by atoms with Crippen LogP contribution in [0.2, 0.25) is 0 Å². The molecule has 21 heavy (non-hydrogen) atoms. The van der Waals surface area contributed by atoms with E-state index in [0.29, 0.717) is 0 Å². The van der Waals surface area contributed by atoms with Crippen molar-refractivity contribution in [2.45, 2.75) is 33.7 Å². The van der Waals surface area contributed by atoms with Crippen molar-refractivity contribution in [3.05, 3.63) is 69.8 Å². The number of hydrogen-bond donors (Lipinski definition) is 1. The van der Waals surface area contributed by atoms with E-state index in [2.05, 4.69) is 5.32 Å². The summed E-state index contributed by atoms with van der Waals surface area (Å²) in [7, 11) is 0. The van der Waals surface area contributed by atoms with Crippen molar-refractivity contribution >= 4 is 0 Å². The van der Waals surface area contributed by atoms with E-state index in [-0.39, 0.29) is 17.7 Å². The molecule has 0 amide bonds. The summed E-state index contributed by atoms with van der Waals surface area (Å²) in [5, 5.41) is 3.43. The molecule has 1 nitrogen and oxygen atoms in total. The van der Waals surface area contributed by atoms with Crippen LogP contribution >= 0.6 is 0 Å². The number of benzene rings is 2. The Kier molecular flexibility index (Phi) is 4.73. The van der Waals surface area contributed by atoms with E-state index >= 15 is 0 Å². The average molecular weight is 289 g/mol. The van der Waals surface area contributed by atoms with E-state index in [1.54, 1.807) is 18.2 Å². The molecule has 0 aliphatic rings. The van der Waals surface area contributed by atoms with Crippen molar-refractivity contribution in [2.75, 3.05) is 6.54 Å². The van der Waals surface area contributed by atoms with Gasteiger partial charge in [0.2, 0.25) is 0 Å². The first-order chi connectivity index (χ1) is 9.93. The van der Waals surface area contributed by atoms with E-state index < -0.39 is 0 Å². The first-order valence-corrected chi connectivity index (χ1v) is 7.20. The summed E-state index contributed by atoms with van der Waals surface area (Å²) in [5.74, 6) is -0.459. The summed E-state index contributed by atoms with van der Waals surface area (Å²) in [6.45, 7) is 8.53. The molecule has 0 aromatic heterocycles. The molecular weight excluding hydrogens is 268 g/mol. The molecule has 0 saturated carbocycles. The monoisotopic (exact) mass is 289 g/mol. The Morgan fingerprint density at radius 3 is 2.00 bits per heavy atom. The topological polar surface area (TPSA) is 12.0 Å². The number of hydrogen-bond acceptors (Lipinski definition) is 1. The van der Waals surface area contributed by atoms with Gasteiger partial charge in [-0.25, -0.2) is 8.78 Å². The third kappa shape index (κ3) is 3.30. The number of nitrogens with one attached hydrogen (secondary N) is 1. The fraction of sp³-hybridized carbons (Fsp3) is 0.333. The van der Waals surface area contributed by atoms with Crippen LogP contribution in [0.25, 0.3) is 0 Å². The fourth-order valence-electron chi connectivity index (χ4n) is 2.91. The van der Waals surface area contributed by atoms with Gasteiger partial charge in [-0.05, 0) is 79.4 Å². The van der Waals surface area contributed by atoms with Gasteiger partial charge < -0.3 is 5.32 Å². The van der Waals surface area contributed by atoms with Crippen LogP contribution in [0.1, 0.15) is 40.8 Å². The molecule has 2 aromatic carbocycles. The SMILES string of the molecule is CCNC(c1ccc(F)cc1C)c1c(C)cc(F)cc1C. The highest BCUT2D eigenvalue weighted by Crippen LogP contribution is 2.30. The van der Waals surface area contributed by atoms with Crippen LogP contribution in [0.4, 0.5) is 8.78 Å². The van der Waals surface area contributed by atoms with E-state index in [1.165, 1.54) is 12.1 Å². The molecule has 0 bridgehead atoms. The van der Waals surface area contributed by atoms with Gasteiger partial charge in [-0.3, -0.25) is 0 Å². The molecule has 0 spiro atoms. The second-order valence-corrected chi connectivity index (χ2v) is 5.44. The van der Waals surface area contributed by atoms with Crippen molar-refractivity contribution < 1.29 is 8.78 Å². The molecule has 0 radical (unpaired) electrons. The minimum Gasteiger partial charge on any atom is -0.307 e. The summed E-state index contributed by atoms with van der Waals surface area (Å²) in [6, 6.07) is 7.85. The summed E-state index contributed by atoms with van der Waals surface area (Å²) in [6.07, 6.45) is 0. The summed E-state index contributed by atoms with van der Waals surface area (Å²) in [5.41, 5.74) is 4.79. The van der Waals surface area contributed by atoms with Crippen LogP contribution in [0, 0.1) is 32.4 Å². The van der Waals surface area contributed by atoms with Crippen molar-refractivity contribution in [1.29, 1.82) is 0 Å². The highest BCUT2D eigenvalue weighted by molar-refractivity contribution is 5.44. The molecule has 112 valence electrons. The highest BCUT2D eigenvalue weighted by Gasteiger charge is 2.20. The molecule has 0 fully saturated rings. The van der Waals surface area contributed by atoms with Crippen LogP contribution < -0.4 is 5.32 Å². The Bertz CT molecular complexity index is 627. The standard InChI is InChI=1S/C18H21F2N/c1-5-21-18(16-7-6-14(19)8-11(16)2)17-12(3)9-15(20)10-13(17)4/h6-10,18,21H,5H2,1-4H3. The van der Waals surface area contributed by atoms with E-state index in [4.69, 9.17) is 0 Å². The second kappa shape index (κ2) is 6.35. The Morgan fingerprint density at radius 2 is 1.48 bits per heavy atom. The zero-order chi connectivity index (χ0) is 15.6. The van der Waals surface area contributed by atoms with Gasteiger partial charge in [-0.15, -0.1) is 0 Å². The highest BCUT2D eigenvalue weighted by atomic mass is 19.1. The van der Waals surface area contributed by atoms with Gasteiger partial charge in [0.25, 0.3) is 0 Å². The lowest BCUT2D eigenvalue weighted by Crippen LogP contribution is -2.24. The van der Waals surface area contributed by atoms with Crippen LogP contribution in [-0.2, 0) is 0 Å². The third-order valence-electron chi connectivity index (χ3n) is 3.80. The number of aryl methyl sites for hydroxylation is 3. The number of rotatable bonds is 4. The van der Waals surface area contributed by atoms with Gasteiger partial charge in [0.1, 0.15) is 11.6 Å². The molecule has 2 rings (SSSR count). The maximum atomic E-state index is 13.5. The fourth-order valence-corrected chi connectivity index (χ4v) is 2.91. The zero-order valence-electron chi connectivity index (χ0n) is 12.9. The Hall–Kier alpha value is -1.74. The van der Waals surface area contributed by atoms with Crippen LogP contribution in [0.15, 0.2) is 30.3 Å². The van der Waals surface area contributed by atoms with Crippen LogP contribution in [-0.4, -0.2) is 6.54 Å². The lowest BCUT2D eigenvalue weighted by Gasteiger charge is -2.24. The Labute approximate surface area is 125 Å². The van der Waals surface area contributed by atoms with Crippen molar-refractivity contribution in [3.8, 4) is 0 Å². The first kappa shape index (κ1) is 15.6. The largest absolute Gasteiger partial charge is 0.307 e. The smallest absolute Gasteiger partial charge is 0.123 e. The minimum absolute atomic E-state index is 0.0591. The van der Waals surface area contributed by atoms with E-state index in [9.17, 15) is 8.78 Å². The summed E-state index contributed by atoms with van der Waals surface area (Å²) >= 11 is 0. The molecule has 0 heterocycles. The normalized spacial score (nSPS) is 12.5. The Balaban J connectivity index is 2.59. The lowest BCUT2D eigenvalue weighted by molar-refractivity contribution is 0.599. The van der Waals surface area contributed by atoms with Crippen LogP contribution in [0.5, 0.6) is 0 Å². The number of halogens is 2. The minimum atomic E-state index is -0.237. The predicted octanol–water partition coefficient (Wildman–Crippen LogP) is 4.59. The van der Waals surface area contributed by atoms with Crippen molar-refractivity contribution in [3.63, 3.8) is 0 Å².